The first-order valence-corrected chi connectivity index (χ1v) is 31.5. The van der Waals surface area contributed by atoms with Gasteiger partial charge in [0.1, 0.15) is 17.5 Å². The van der Waals surface area contributed by atoms with E-state index < -0.39 is 35.2 Å². The molecule has 6 N–H and O–H groups in total. The molecule has 28 aromatic rings. The number of alkyl halides is 6. The quantitative estimate of drug-likeness (QED) is 0.0733. The Bertz CT molecular complexity index is 7620. The van der Waals surface area contributed by atoms with Crippen LogP contribution in [0.25, 0.3) is 291 Å². The number of rotatable bonds is 11. The molecule has 1 aliphatic heterocycles. The van der Waals surface area contributed by atoms with Crippen molar-refractivity contribution in [1.29, 1.82) is 0 Å². The van der Waals surface area contributed by atoms with Crippen molar-refractivity contribution in [3.05, 3.63) is 22.3 Å². The van der Waals surface area contributed by atoms with Gasteiger partial charge in [0.15, 0.2) is 0 Å². The summed E-state index contributed by atoms with van der Waals surface area (Å²) in [5.74, 6) is -6.01. The van der Waals surface area contributed by atoms with Crippen LogP contribution in [0.15, 0.2) is 0 Å². The van der Waals surface area contributed by atoms with Gasteiger partial charge in [0.2, 0.25) is 0 Å². The van der Waals surface area contributed by atoms with Crippen molar-refractivity contribution in [1.82, 2.24) is 4.90 Å². The first kappa shape index (κ1) is 43.5. The number of ether oxygens (including phenoxy) is 3. The summed E-state index contributed by atoms with van der Waals surface area (Å²) in [6.45, 7) is 6.38. The molecule has 0 radical (unpaired) electrons. The van der Waals surface area contributed by atoms with E-state index in [0.717, 1.165) is 26.2 Å². The summed E-state index contributed by atoms with van der Waals surface area (Å²) >= 11 is 0. The molecule has 4 aliphatic carbocycles. The van der Waals surface area contributed by atoms with Crippen LogP contribution in [0, 0.1) is 0 Å². The zero-order valence-corrected chi connectivity index (χ0v) is 46.9. The molecule has 1 heterocycles. The predicted molar refractivity (Wildman–Crippen MR) is 339 cm³/mol. The van der Waals surface area contributed by atoms with E-state index in [9.17, 15) is 26.3 Å². The second-order valence-corrected chi connectivity index (χ2v) is 29.1. The third kappa shape index (κ3) is 2.95. The minimum atomic E-state index is -5.19. The Morgan fingerprint density at radius 1 is 0.352 bits per heavy atom. The van der Waals surface area contributed by atoms with Crippen molar-refractivity contribution >= 4 is 303 Å². The summed E-state index contributed by atoms with van der Waals surface area (Å²) in [5.41, 5.74) is 16.3. The molecule has 16 heteroatoms. The third-order valence-corrected chi connectivity index (χ3v) is 27.8. The van der Waals surface area contributed by atoms with Gasteiger partial charge in [0.05, 0.1) is 57.0 Å². The Morgan fingerprint density at radius 3 is 0.736 bits per heavy atom. The predicted octanol–water partition coefficient (Wildman–Crippen LogP) is 12.1. The number of carboxylic acids is 2. The lowest BCUT2D eigenvalue weighted by molar-refractivity contribution is -0.443. The minimum Gasteiger partial charge on any atom is -0.542 e. The largest absolute Gasteiger partial charge is 0.542 e. The lowest BCUT2D eigenvalue weighted by Crippen LogP contribution is -2.81. The van der Waals surface area contributed by atoms with Crippen LogP contribution in [-0.4, -0.2) is 101 Å². The number of carboxylic acid groups (broad SMARTS) is 2. The van der Waals surface area contributed by atoms with Crippen LogP contribution in [0.5, 0.6) is 0 Å². The molecule has 0 saturated carbocycles. The van der Waals surface area contributed by atoms with Crippen molar-refractivity contribution in [3.63, 3.8) is 0 Å². The molecule has 1 fully saturated rings. The maximum absolute atomic E-state index is 10.5. The Kier molecular flexibility index (Phi) is 5.27. The second-order valence-electron chi connectivity index (χ2n) is 29.1. The molecular formula is C75H27F6N3O7. The van der Waals surface area contributed by atoms with Gasteiger partial charge in [0.25, 0.3) is 0 Å². The fraction of sp³-hybridized carbons (Fsp3) is 0.200. The number of nitrogens with zero attached hydrogens (tertiary/aromatic N) is 1. The summed E-state index contributed by atoms with van der Waals surface area (Å²) in [6, 6.07) is 0. The van der Waals surface area contributed by atoms with Crippen molar-refractivity contribution in [2.24, 2.45) is 0 Å². The molecule has 426 valence electrons. The highest BCUT2D eigenvalue weighted by Gasteiger charge is 2.81. The number of quaternary nitrogens is 2. The zero-order chi connectivity index (χ0) is 59.2. The molecule has 0 atom stereocenters. The van der Waals surface area contributed by atoms with Crippen LogP contribution < -0.4 is 21.7 Å². The van der Waals surface area contributed by atoms with E-state index in [0.29, 0.717) is 33.0 Å². The average molecular weight is 1200 g/mol. The maximum Gasteiger partial charge on any atom is 0.430 e. The summed E-state index contributed by atoms with van der Waals surface area (Å²) in [5, 5.41) is 107. The van der Waals surface area contributed by atoms with Gasteiger partial charge in [0, 0.05) is 20.2 Å². The molecule has 33 rings (SSSR count). The van der Waals surface area contributed by atoms with Gasteiger partial charge >= 0.3 is 12.4 Å². The number of benzene rings is 18. The molecule has 2 spiro atoms. The average Bonchev–Trinajstić information content (AvgIpc) is 1.38. The lowest BCUT2D eigenvalue weighted by Gasteiger charge is -2.55. The van der Waals surface area contributed by atoms with Gasteiger partial charge in [-0.1, -0.05) is 0 Å². The molecule has 0 aromatic heterocycles. The number of hydrogen-bond acceptors (Lipinski definition) is 8. The van der Waals surface area contributed by atoms with Crippen LogP contribution in [-0.2, 0) is 34.6 Å². The summed E-state index contributed by atoms with van der Waals surface area (Å²) in [6.07, 6.45) is -10.4. The van der Waals surface area contributed by atoms with E-state index >= 15 is 0 Å². The third-order valence-electron chi connectivity index (χ3n) is 27.8. The molecule has 0 unspecified atom stereocenters. The number of halogens is 6. The van der Waals surface area contributed by atoms with Crippen LogP contribution in [0.4, 0.5) is 26.3 Å². The van der Waals surface area contributed by atoms with Gasteiger partial charge in [-0.25, -0.2) is 0 Å². The van der Waals surface area contributed by atoms with E-state index in [1.54, 1.807) is 320 Å². The highest BCUT2D eigenvalue weighted by Crippen LogP contribution is 2.87. The summed E-state index contributed by atoms with van der Waals surface area (Å²) < 4.78 is 81.1. The van der Waals surface area contributed by atoms with Gasteiger partial charge in [-0.05, 0) is 313 Å². The fourth-order valence-corrected chi connectivity index (χ4v) is 27.0. The molecule has 0 amide bonds. The monoisotopic (exact) mass is 1200 g/mol. The number of hydrogen-bond donors (Lipinski definition) is 2. The van der Waals surface area contributed by atoms with E-state index in [1.807, 2.05) is 0 Å². The number of carbonyl (C=O) groups is 2. The number of methoxy groups -OCH3 is 1. The summed E-state index contributed by atoms with van der Waals surface area (Å²) in [4.78, 5) is 20.6. The van der Waals surface area contributed by atoms with E-state index in [-0.39, 0.29) is 5.41 Å². The standard InChI is InChI=1S/C71H25N3O3.2C2HF3O2/c1-75-4-5-77-7-6-76-3-2-74-10-70-65-57-49-39-29-21-13-11-12-15-19-17(13)25-33-27(19)37-31-23(15)24-16(12)20-18-14(11)22(21)30-36-26(18)34-28(20)38-32(24)42-41(31)53-47(37)55-45(33)51(43(49)35(25)29)59(65)61(55)67-63(53)64-54(42)48(38)56-46(34)52-44(36)50(40(30)39)58(57)66(70)60(52)62(56)68(64)71(67,70)69(74,8-72)9-73;2*3-2(4,5)1(6)7/h2-10,72-73H2,1H3;2*(H,6,7). The molecular weight excluding hydrogens is 1170 g/mol. The van der Waals surface area contributed by atoms with Gasteiger partial charge in [-0.15, -0.1) is 0 Å². The minimum absolute atomic E-state index is 0.350. The topological polar surface area (TPSA) is 166 Å². The fourth-order valence-electron chi connectivity index (χ4n) is 27.0. The molecule has 5 aliphatic rings. The van der Waals surface area contributed by atoms with Gasteiger partial charge < -0.3 is 45.5 Å². The molecule has 1 saturated heterocycles. The molecule has 28 aromatic carbocycles. The Hall–Kier alpha value is -9.26. The van der Waals surface area contributed by atoms with Crippen LogP contribution in [0.1, 0.15) is 22.3 Å². The van der Waals surface area contributed by atoms with Crippen LogP contribution >= 0.6 is 0 Å². The van der Waals surface area contributed by atoms with Crippen molar-refractivity contribution in [2.45, 2.75) is 28.7 Å². The van der Waals surface area contributed by atoms with E-state index in [1.165, 1.54) is 0 Å². The van der Waals surface area contributed by atoms with E-state index in [4.69, 9.17) is 45.5 Å². The number of carbonyl (C=O) groups excluding carboxylic acids is 2. The van der Waals surface area contributed by atoms with Gasteiger partial charge in [-0.2, -0.15) is 26.3 Å². The Morgan fingerprint density at radius 2 is 0.538 bits per heavy atom. The van der Waals surface area contributed by atoms with Gasteiger partial charge in [-0.3, -0.25) is 4.90 Å². The Balaban J connectivity index is 0.000000304. The highest BCUT2D eigenvalue weighted by atomic mass is 19.4. The first-order valence-electron chi connectivity index (χ1n) is 31.5. The zero-order valence-electron chi connectivity index (χ0n) is 46.9. The normalized spacial score (nSPS) is 20.9. The highest BCUT2D eigenvalue weighted by molar-refractivity contribution is 6.82. The lowest BCUT2D eigenvalue weighted by atomic mass is 9.45. The Labute approximate surface area is 494 Å². The van der Waals surface area contributed by atoms with E-state index in [2.05, 4.69) is 4.90 Å². The molecule has 91 heavy (non-hydrogen) atoms. The SMILES string of the molecule is COCCOCCOCCN1CC23c4c5c6c7c8c9c(c%10c%11c2c2c4c4c%12c5c5c6c6c8c8c%13c9c9c%10c%10c%11c%11c2c2c4c4c%12c%12c5c5c6c8c6c8c%13c9c9c%10c%10c%11c2c2c4c4c%12c5c6c5c8c9c%10c2c45)C73C1(C[NH3+])C[NH3+].O=C([O-])C(F)(F)F.O=C([O-])C(F)(F)F. The maximum atomic E-state index is 10.5. The second kappa shape index (κ2) is 11.0. The summed E-state index contributed by atoms with van der Waals surface area (Å²) in [7, 11) is 1.74. The van der Waals surface area contributed by atoms with Crippen molar-refractivity contribution in [2.75, 3.05) is 66.3 Å². The van der Waals surface area contributed by atoms with Crippen LogP contribution in [0.2, 0.25) is 0 Å². The van der Waals surface area contributed by atoms with Crippen molar-refractivity contribution in [3.8, 4) is 0 Å². The number of likely N-dealkylation sites (tertiary alicyclic amines) is 1. The molecule has 10 nitrogen and oxygen atoms in total. The first-order chi connectivity index (χ1) is 44.2. The smallest absolute Gasteiger partial charge is 0.430 e. The van der Waals surface area contributed by atoms with Crippen LogP contribution in [0.3, 0.4) is 0 Å². The number of aliphatic carboxylic acids is 2. The van der Waals surface area contributed by atoms with Crippen molar-refractivity contribution < 1.29 is 71.8 Å². The molecule has 0 bridgehead atoms.